The zero-order chi connectivity index (χ0) is 21.9. The van der Waals surface area contributed by atoms with E-state index in [0.29, 0.717) is 26.3 Å². The van der Waals surface area contributed by atoms with E-state index in [1.54, 1.807) is 12.4 Å². The second-order valence-electron chi connectivity index (χ2n) is 6.27. The lowest BCUT2D eigenvalue weighted by Gasteiger charge is -2.22. The molecule has 1 amide bonds. The van der Waals surface area contributed by atoms with Crippen molar-refractivity contribution in [2.45, 2.75) is 0 Å². The third kappa shape index (κ3) is 6.85. The standard InChI is InChI=1S/C18H23N7O6/c26-16(23-4-1-19-13-23)29-10-7-22(8-11-30-17(27)24-5-2-20-14-24)9-12-31-18(28)25-6-3-21-15-25/h1-6,13-14,21H,7-12,15H2. The number of hydrogen-bond acceptors (Lipinski definition) is 10. The molecule has 0 atom stereocenters. The minimum atomic E-state index is -0.552. The highest BCUT2D eigenvalue weighted by atomic mass is 16.6. The maximum absolute atomic E-state index is 11.9. The van der Waals surface area contributed by atoms with Gasteiger partial charge in [-0.2, -0.15) is 0 Å². The van der Waals surface area contributed by atoms with Gasteiger partial charge in [-0.25, -0.2) is 33.5 Å². The highest BCUT2D eigenvalue weighted by Crippen LogP contribution is 2.00. The van der Waals surface area contributed by atoms with Crippen molar-refractivity contribution >= 4 is 18.3 Å². The highest BCUT2D eigenvalue weighted by molar-refractivity contribution is 5.70. The van der Waals surface area contributed by atoms with Crippen LogP contribution in [0.4, 0.5) is 14.4 Å². The van der Waals surface area contributed by atoms with Crippen LogP contribution >= 0.6 is 0 Å². The van der Waals surface area contributed by atoms with E-state index >= 15 is 0 Å². The first-order valence-corrected chi connectivity index (χ1v) is 9.49. The molecule has 3 heterocycles. The van der Waals surface area contributed by atoms with E-state index in [0.717, 1.165) is 0 Å². The summed E-state index contributed by atoms with van der Waals surface area (Å²) < 4.78 is 18.1. The van der Waals surface area contributed by atoms with Crippen LogP contribution in [-0.4, -0.2) is 93.3 Å². The van der Waals surface area contributed by atoms with Gasteiger partial charge in [0.1, 0.15) is 32.5 Å². The fraction of sp³-hybridized carbons (Fsp3) is 0.389. The summed E-state index contributed by atoms with van der Waals surface area (Å²) >= 11 is 0. The molecular weight excluding hydrogens is 410 g/mol. The molecule has 0 aromatic carbocycles. The van der Waals surface area contributed by atoms with Crippen LogP contribution in [0, 0.1) is 0 Å². The van der Waals surface area contributed by atoms with Gasteiger partial charge >= 0.3 is 18.3 Å². The Morgan fingerprint density at radius 1 is 0.839 bits per heavy atom. The number of carbonyl (C=O) groups excluding carboxylic acids is 3. The average Bonchev–Trinajstić information content (AvgIpc) is 3.55. The summed E-state index contributed by atoms with van der Waals surface area (Å²) in [5, 5.41) is 2.88. The van der Waals surface area contributed by atoms with Crippen LogP contribution in [0.25, 0.3) is 0 Å². The minimum absolute atomic E-state index is 0.0964. The summed E-state index contributed by atoms with van der Waals surface area (Å²) in [7, 11) is 0. The molecule has 13 nitrogen and oxygen atoms in total. The Hall–Kier alpha value is -3.87. The summed E-state index contributed by atoms with van der Waals surface area (Å²) in [6, 6.07) is 0. The molecule has 31 heavy (non-hydrogen) atoms. The number of nitrogens with zero attached hydrogens (tertiary/aromatic N) is 6. The van der Waals surface area contributed by atoms with Crippen LogP contribution in [0.2, 0.25) is 0 Å². The van der Waals surface area contributed by atoms with Gasteiger partial charge in [-0.05, 0) is 0 Å². The number of ether oxygens (including phenoxy) is 3. The molecule has 0 radical (unpaired) electrons. The predicted molar refractivity (Wildman–Crippen MR) is 105 cm³/mol. The molecule has 0 spiro atoms. The van der Waals surface area contributed by atoms with Gasteiger partial charge in [-0.15, -0.1) is 0 Å². The molecule has 3 rings (SSSR count). The fourth-order valence-corrected chi connectivity index (χ4v) is 2.56. The van der Waals surface area contributed by atoms with Crippen LogP contribution in [0.5, 0.6) is 0 Å². The summed E-state index contributed by atoms with van der Waals surface area (Å²) in [6.07, 6.45) is 10.3. The lowest BCUT2D eigenvalue weighted by atomic mass is 10.4. The van der Waals surface area contributed by atoms with Gasteiger partial charge in [-0.1, -0.05) is 0 Å². The van der Waals surface area contributed by atoms with E-state index in [9.17, 15) is 14.4 Å². The zero-order valence-corrected chi connectivity index (χ0v) is 16.7. The number of hydrogen-bond donors (Lipinski definition) is 1. The lowest BCUT2D eigenvalue weighted by molar-refractivity contribution is 0.0823. The van der Waals surface area contributed by atoms with Gasteiger partial charge in [0.15, 0.2) is 0 Å². The van der Waals surface area contributed by atoms with E-state index in [2.05, 4.69) is 15.3 Å². The van der Waals surface area contributed by atoms with Crippen LogP contribution in [0.1, 0.15) is 0 Å². The zero-order valence-electron chi connectivity index (χ0n) is 16.7. The Morgan fingerprint density at radius 2 is 1.35 bits per heavy atom. The van der Waals surface area contributed by atoms with Crippen molar-refractivity contribution < 1.29 is 28.6 Å². The van der Waals surface area contributed by atoms with E-state index in [4.69, 9.17) is 14.2 Å². The highest BCUT2D eigenvalue weighted by Gasteiger charge is 2.16. The quantitative estimate of drug-likeness (QED) is 0.558. The Kier molecular flexibility index (Phi) is 7.99. The summed E-state index contributed by atoms with van der Waals surface area (Å²) in [5.74, 6) is 0. The molecule has 0 saturated carbocycles. The van der Waals surface area contributed by atoms with Crippen molar-refractivity contribution in [2.24, 2.45) is 0 Å². The van der Waals surface area contributed by atoms with Gasteiger partial charge < -0.3 is 19.5 Å². The number of carbonyl (C=O) groups is 3. The van der Waals surface area contributed by atoms with Gasteiger partial charge in [0.25, 0.3) is 0 Å². The summed E-state index contributed by atoms with van der Waals surface area (Å²) in [5.41, 5.74) is 0. The molecule has 166 valence electrons. The van der Waals surface area contributed by atoms with Crippen LogP contribution in [0.3, 0.4) is 0 Å². The van der Waals surface area contributed by atoms with Crippen LogP contribution in [-0.2, 0) is 14.2 Å². The Bertz CT molecular complexity index is 816. The molecule has 1 aliphatic heterocycles. The van der Waals surface area contributed by atoms with Gasteiger partial charge in [0.05, 0.1) is 6.67 Å². The number of aromatic nitrogens is 4. The largest absolute Gasteiger partial charge is 0.448 e. The molecule has 2 aromatic heterocycles. The predicted octanol–water partition coefficient (Wildman–Crippen LogP) is 0.522. The van der Waals surface area contributed by atoms with Crippen LogP contribution < -0.4 is 5.32 Å². The maximum Gasteiger partial charge on any atom is 0.419 e. The van der Waals surface area contributed by atoms with Gasteiger partial charge in [0.2, 0.25) is 0 Å². The second-order valence-corrected chi connectivity index (χ2v) is 6.27. The third-order valence-electron chi connectivity index (χ3n) is 4.20. The van der Waals surface area contributed by atoms with E-state index in [1.165, 1.54) is 51.5 Å². The van der Waals surface area contributed by atoms with E-state index in [-0.39, 0.29) is 19.8 Å². The molecule has 1 N–H and O–H groups in total. The smallest absolute Gasteiger partial charge is 0.419 e. The van der Waals surface area contributed by atoms with Crippen molar-refractivity contribution in [3.8, 4) is 0 Å². The van der Waals surface area contributed by atoms with E-state index < -0.39 is 18.3 Å². The molecule has 0 unspecified atom stereocenters. The van der Waals surface area contributed by atoms with E-state index in [1.807, 2.05) is 4.90 Å². The molecular formula is C18H23N7O6. The van der Waals surface area contributed by atoms with Crippen molar-refractivity contribution in [3.05, 3.63) is 49.8 Å². The normalized spacial score (nSPS) is 12.6. The van der Waals surface area contributed by atoms with Crippen molar-refractivity contribution in [2.75, 3.05) is 46.1 Å². The number of imidazole rings is 2. The van der Waals surface area contributed by atoms with Crippen molar-refractivity contribution in [1.29, 1.82) is 0 Å². The topological polar surface area (TPSA) is 133 Å². The monoisotopic (exact) mass is 433 g/mol. The average molecular weight is 433 g/mol. The molecule has 1 aliphatic rings. The van der Waals surface area contributed by atoms with Crippen molar-refractivity contribution in [3.63, 3.8) is 0 Å². The van der Waals surface area contributed by atoms with Crippen LogP contribution in [0.15, 0.2) is 49.8 Å². The summed E-state index contributed by atoms with van der Waals surface area (Å²) in [4.78, 5) is 46.5. The fourth-order valence-electron chi connectivity index (χ4n) is 2.56. The minimum Gasteiger partial charge on any atom is -0.448 e. The Labute approximate surface area is 177 Å². The first kappa shape index (κ1) is 21.8. The summed E-state index contributed by atoms with van der Waals surface area (Å²) in [6.45, 7) is 1.74. The Morgan fingerprint density at radius 3 is 1.77 bits per heavy atom. The molecule has 0 saturated heterocycles. The van der Waals surface area contributed by atoms with Gasteiger partial charge in [-0.3, -0.25) is 9.80 Å². The second kappa shape index (κ2) is 11.3. The molecule has 2 aromatic rings. The third-order valence-corrected chi connectivity index (χ3v) is 4.20. The lowest BCUT2D eigenvalue weighted by Crippen LogP contribution is -2.37. The first-order chi connectivity index (χ1) is 15.1. The number of nitrogens with one attached hydrogen (secondary N) is 1. The first-order valence-electron chi connectivity index (χ1n) is 9.49. The number of rotatable bonds is 9. The molecule has 0 fully saturated rings. The molecule has 13 heteroatoms. The van der Waals surface area contributed by atoms with Gasteiger partial charge in [0, 0.05) is 56.8 Å². The Balaban J connectivity index is 1.42. The molecule has 0 aliphatic carbocycles. The van der Waals surface area contributed by atoms with Crippen molar-refractivity contribution in [1.82, 2.24) is 34.2 Å². The maximum atomic E-state index is 11.9. The SMILES string of the molecule is O=C(OCCN(CCOC(=O)n1ccnc1)CCOC(=O)n1ccnc1)N1C=CNC1. The number of amides is 1. The molecule has 0 bridgehead atoms.